The van der Waals surface area contributed by atoms with Gasteiger partial charge in [-0.15, -0.1) is 0 Å². The zero-order valence-corrected chi connectivity index (χ0v) is 16.6. The van der Waals surface area contributed by atoms with E-state index >= 15 is 0 Å². The minimum Gasteiger partial charge on any atom is -0.465 e. The van der Waals surface area contributed by atoms with Crippen molar-refractivity contribution in [3.05, 3.63) is 59.9 Å². The van der Waals surface area contributed by atoms with Crippen molar-refractivity contribution in [2.45, 2.75) is 30.2 Å². The van der Waals surface area contributed by atoms with Gasteiger partial charge in [-0.1, -0.05) is 18.6 Å². The van der Waals surface area contributed by atoms with Gasteiger partial charge in [-0.3, -0.25) is 4.79 Å². The topological polar surface area (TPSA) is 92.8 Å². The van der Waals surface area contributed by atoms with Crippen LogP contribution in [0.4, 0.5) is 10.1 Å². The fourth-order valence-corrected chi connectivity index (χ4v) is 4.95. The second-order valence-electron chi connectivity index (χ2n) is 6.61. The fraction of sp³-hybridized carbons (Fsp3) is 0.300. The average molecular weight is 420 g/mol. The van der Waals surface area contributed by atoms with E-state index in [9.17, 15) is 22.4 Å². The normalized spacial score (nSPS) is 17.5. The monoisotopic (exact) mass is 420 g/mol. The lowest BCUT2D eigenvalue weighted by molar-refractivity contribution is -0.120. The lowest BCUT2D eigenvalue weighted by Crippen LogP contribution is -2.49. The van der Waals surface area contributed by atoms with Crippen molar-refractivity contribution >= 4 is 27.6 Å². The summed E-state index contributed by atoms with van der Waals surface area (Å²) in [4.78, 5) is 24.8. The minimum absolute atomic E-state index is 0.0754. The Balaban J connectivity index is 1.88. The van der Waals surface area contributed by atoms with Gasteiger partial charge in [0.25, 0.3) is 0 Å². The quantitative estimate of drug-likeness (QED) is 0.751. The van der Waals surface area contributed by atoms with Gasteiger partial charge < -0.3 is 10.1 Å². The molecule has 1 amide bonds. The van der Waals surface area contributed by atoms with Crippen LogP contribution in [0.1, 0.15) is 29.6 Å². The molecule has 2 aromatic carbocycles. The number of ether oxygens (including phenoxy) is 1. The number of sulfonamides is 1. The van der Waals surface area contributed by atoms with E-state index < -0.39 is 33.8 Å². The molecule has 7 nitrogen and oxygen atoms in total. The molecule has 2 aromatic rings. The number of amides is 1. The number of carbonyl (C=O) groups excluding carboxylic acids is 2. The molecular weight excluding hydrogens is 399 g/mol. The number of hydrogen-bond acceptors (Lipinski definition) is 5. The number of methoxy groups -OCH3 is 1. The molecule has 1 fully saturated rings. The number of nitrogens with one attached hydrogen (secondary N) is 1. The van der Waals surface area contributed by atoms with E-state index in [-0.39, 0.29) is 22.7 Å². The van der Waals surface area contributed by atoms with Crippen LogP contribution in [-0.2, 0) is 19.6 Å². The summed E-state index contributed by atoms with van der Waals surface area (Å²) >= 11 is 0. The van der Waals surface area contributed by atoms with Gasteiger partial charge in [0.2, 0.25) is 15.9 Å². The molecule has 1 N–H and O–H groups in total. The van der Waals surface area contributed by atoms with E-state index in [1.54, 1.807) is 18.2 Å². The molecule has 0 saturated carbocycles. The molecule has 1 heterocycles. The Morgan fingerprint density at radius 3 is 2.48 bits per heavy atom. The largest absolute Gasteiger partial charge is 0.465 e. The van der Waals surface area contributed by atoms with E-state index in [1.165, 1.54) is 25.3 Å². The van der Waals surface area contributed by atoms with Crippen LogP contribution in [0, 0.1) is 5.82 Å². The van der Waals surface area contributed by atoms with Crippen molar-refractivity contribution in [3.63, 3.8) is 0 Å². The van der Waals surface area contributed by atoms with Crippen molar-refractivity contribution in [2.75, 3.05) is 19.0 Å². The molecule has 0 radical (unpaired) electrons. The highest BCUT2D eigenvalue weighted by Crippen LogP contribution is 2.27. The molecule has 0 aliphatic carbocycles. The third-order valence-electron chi connectivity index (χ3n) is 4.77. The zero-order chi connectivity index (χ0) is 21.0. The maximum Gasteiger partial charge on any atom is 0.339 e. The number of halogens is 1. The fourth-order valence-electron chi connectivity index (χ4n) is 3.29. The summed E-state index contributed by atoms with van der Waals surface area (Å²) < 4.78 is 45.1. The van der Waals surface area contributed by atoms with Gasteiger partial charge >= 0.3 is 5.97 Å². The molecule has 3 rings (SSSR count). The molecule has 1 saturated heterocycles. The standard InChI is InChI=1S/C20H21FN2O5S/c1-28-20(25)16-6-2-3-7-17(16)22-19(24)18-8-4-5-13-23(18)29(26,27)15-11-9-14(21)10-12-15/h2-3,6-7,9-12,18H,4-5,8,13H2,1H3,(H,22,24). The summed E-state index contributed by atoms with van der Waals surface area (Å²) in [6.45, 7) is 0.177. The molecule has 1 aliphatic rings. The van der Waals surface area contributed by atoms with Crippen LogP contribution < -0.4 is 5.32 Å². The summed E-state index contributed by atoms with van der Waals surface area (Å²) in [7, 11) is -2.75. The van der Waals surface area contributed by atoms with Crippen molar-refractivity contribution in [2.24, 2.45) is 0 Å². The first-order valence-electron chi connectivity index (χ1n) is 9.10. The number of piperidine rings is 1. The number of para-hydroxylation sites is 1. The molecular formula is C20H21FN2O5S. The summed E-state index contributed by atoms with van der Waals surface area (Å²) in [5.41, 5.74) is 0.418. The predicted molar refractivity (Wildman–Crippen MR) is 104 cm³/mol. The SMILES string of the molecule is COC(=O)c1ccccc1NC(=O)C1CCCCN1S(=O)(=O)c1ccc(F)cc1. The van der Waals surface area contributed by atoms with E-state index in [0.29, 0.717) is 19.3 Å². The Bertz CT molecular complexity index is 1010. The summed E-state index contributed by atoms with van der Waals surface area (Å²) in [6.07, 6.45) is 1.64. The number of benzene rings is 2. The number of hydrogen-bond donors (Lipinski definition) is 1. The van der Waals surface area contributed by atoms with Crippen LogP contribution in [0.15, 0.2) is 53.4 Å². The van der Waals surface area contributed by atoms with E-state index in [2.05, 4.69) is 5.32 Å². The average Bonchev–Trinajstić information content (AvgIpc) is 2.74. The summed E-state index contributed by atoms with van der Waals surface area (Å²) in [5, 5.41) is 2.65. The number of carbonyl (C=O) groups is 2. The van der Waals surface area contributed by atoms with Crippen LogP contribution in [-0.4, -0.2) is 44.3 Å². The van der Waals surface area contributed by atoms with Gasteiger partial charge in [-0.2, -0.15) is 4.31 Å². The zero-order valence-electron chi connectivity index (χ0n) is 15.8. The number of anilines is 1. The first-order chi connectivity index (χ1) is 13.8. The highest BCUT2D eigenvalue weighted by Gasteiger charge is 2.38. The van der Waals surface area contributed by atoms with E-state index in [0.717, 1.165) is 16.4 Å². The van der Waals surface area contributed by atoms with E-state index in [1.807, 2.05) is 0 Å². The van der Waals surface area contributed by atoms with E-state index in [4.69, 9.17) is 4.74 Å². The molecule has 154 valence electrons. The number of esters is 1. The van der Waals surface area contributed by atoms with Crippen LogP contribution in [0.3, 0.4) is 0 Å². The number of rotatable bonds is 5. The summed E-state index contributed by atoms with van der Waals surface area (Å²) in [5.74, 6) is -1.69. The van der Waals surface area contributed by atoms with Crippen LogP contribution in [0.25, 0.3) is 0 Å². The Kier molecular flexibility index (Phi) is 6.29. The number of nitrogens with zero attached hydrogens (tertiary/aromatic N) is 1. The maximum atomic E-state index is 13.2. The van der Waals surface area contributed by atoms with Crippen molar-refractivity contribution in [1.82, 2.24) is 4.31 Å². The highest BCUT2D eigenvalue weighted by atomic mass is 32.2. The minimum atomic E-state index is -3.98. The Morgan fingerprint density at radius 2 is 1.79 bits per heavy atom. The third-order valence-corrected chi connectivity index (χ3v) is 6.69. The first-order valence-corrected chi connectivity index (χ1v) is 10.5. The smallest absolute Gasteiger partial charge is 0.339 e. The molecule has 0 bridgehead atoms. The van der Waals surface area contributed by atoms with Crippen molar-refractivity contribution < 1.29 is 27.1 Å². The third kappa shape index (κ3) is 4.46. The molecule has 1 atom stereocenters. The Labute approximate surface area is 168 Å². The molecule has 9 heteroatoms. The molecule has 0 spiro atoms. The second-order valence-corrected chi connectivity index (χ2v) is 8.50. The lowest BCUT2D eigenvalue weighted by Gasteiger charge is -2.33. The highest BCUT2D eigenvalue weighted by molar-refractivity contribution is 7.89. The van der Waals surface area contributed by atoms with Gasteiger partial charge in [0, 0.05) is 6.54 Å². The van der Waals surface area contributed by atoms with Crippen LogP contribution in [0.2, 0.25) is 0 Å². The summed E-state index contributed by atoms with van der Waals surface area (Å²) in [6, 6.07) is 9.90. The van der Waals surface area contributed by atoms with Gasteiger partial charge in [-0.25, -0.2) is 17.6 Å². The maximum absolute atomic E-state index is 13.2. The van der Waals surface area contributed by atoms with Gasteiger partial charge in [0.1, 0.15) is 11.9 Å². The Morgan fingerprint density at radius 1 is 1.10 bits per heavy atom. The van der Waals surface area contributed by atoms with Crippen LogP contribution >= 0.6 is 0 Å². The first kappa shape index (κ1) is 20.9. The van der Waals surface area contributed by atoms with Gasteiger partial charge in [0.15, 0.2) is 0 Å². The second kappa shape index (κ2) is 8.71. The molecule has 1 aliphatic heterocycles. The molecule has 0 aromatic heterocycles. The van der Waals surface area contributed by atoms with Gasteiger partial charge in [-0.05, 0) is 49.2 Å². The van der Waals surface area contributed by atoms with Crippen LogP contribution in [0.5, 0.6) is 0 Å². The Hall–Kier alpha value is -2.78. The molecule has 1 unspecified atom stereocenters. The van der Waals surface area contributed by atoms with Crippen molar-refractivity contribution in [1.29, 1.82) is 0 Å². The molecule has 29 heavy (non-hydrogen) atoms. The predicted octanol–water partition coefficient (Wildman–Crippen LogP) is 2.79. The van der Waals surface area contributed by atoms with Crippen molar-refractivity contribution in [3.8, 4) is 0 Å². The van der Waals surface area contributed by atoms with Gasteiger partial charge in [0.05, 0.1) is 23.3 Å². The lowest BCUT2D eigenvalue weighted by atomic mass is 10.0.